The van der Waals surface area contributed by atoms with Crippen LogP contribution in [0.2, 0.25) is 0 Å². The minimum absolute atomic E-state index is 0.0582. The number of sulfonamides is 1. The molecule has 5 nitrogen and oxygen atoms in total. The molecule has 9 heteroatoms. The largest absolute Gasteiger partial charge is 0.450 e. The van der Waals surface area contributed by atoms with Crippen LogP contribution < -0.4 is 5.32 Å². The Morgan fingerprint density at radius 2 is 1.71 bits per heavy atom. The van der Waals surface area contributed by atoms with E-state index in [0.717, 1.165) is 4.90 Å². The summed E-state index contributed by atoms with van der Waals surface area (Å²) >= 11 is 0. The fourth-order valence-electron chi connectivity index (χ4n) is 1.92. The standard InChI is InChI=1S/C12H14F3N3O2S/c13-12(14,15)11(18-8-6-16-7-9-18)17-21(19,20)10-4-2-1-3-5-10/h1-5,16H,6-9H2/b17-11-. The van der Waals surface area contributed by atoms with Crippen molar-refractivity contribution >= 4 is 15.9 Å². The molecule has 2 rings (SSSR count). The van der Waals surface area contributed by atoms with Crippen molar-refractivity contribution in [2.75, 3.05) is 26.2 Å². The minimum atomic E-state index is -4.82. The maximum absolute atomic E-state index is 13.1. The molecule has 1 aromatic rings. The van der Waals surface area contributed by atoms with Crippen LogP contribution in [0.4, 0.5) is 13.2 Å². The Morgan fingerprint density at radius 3 is 2.24 bits per heavy atom. The molecule has 0 spiro atoms. The second-order valence-corrected chi connectivity index (χ2v) is 6.04. The van der Waals surface area contributed by atoms with Crippen LogP contribution in [-0.4, -0.2) is 51.5 Å². The van der Waals surface area contributed by atoms with Crippen LogP contribution in [0.25, 0.3) is 0 Å². The number of nitrogens with zero attached hydrogens (tertiary/aromatic N) is 2. The Kier molecular flexibility index (Phi) is 4.52. The van der Waals surface area contributed by atoms with Crippen molar-refractivity contribution < 1.29 is 21.6 Å². The second-order valence-electron chi connectivity index (χ2n) is 4.44. The number of alkyl halides is 3. The molecule has 0 atom stereocenters. The highest BCUT2D eigenvalue weighted by Gasteiger charge is 2.41. The van der Waals surface area contributed by atoms with E-state index in [0.29, 0.717) is 13.1 Å². The number of nitrogens with one attached hydrogen (secondary N) is 1. The second kappa shape index (κ2) is 6.02. The smallest absolute Gasteiger partial charge is 0.349 e. The van der Waals surface area contributed by atoms with Crippen molar-refractivity contribution in [1.82, 2.24) is 10.2 Å². The van der Waals surface area contributed by atoms with E-state index in [9.17, 15) is 21.6 Å². The summed E-state index contributed by atoms with van der Waals surface area (Å²) in [5, 5.41) is 2.90. The summed E-state index contributed by atoms with van der Waals surface area (Å²) in [5.74, 6) is -1.37. The quantitative estimate of drug-likeness (QED) is 0.658. The first-order valence-corrected chi connectivity index (χ1v) is 7.67. The summed E-state index contributed by atoms with van der Waals surface area (Å²) in [5.41, 5.74) is 0. The molecule has 1 heterocycles. The lowest BCUT2D eigenvalue weighted by atomic mass is 10.3. The molecule has 1 aliphatic rings. The van der Waals surface area contributed by atoms with Crippen molar-refractivity contribution in [1.29, 1.82) is 0 Å². The van der Waals surface area contributed by atoms with E-state index in [4.69, 9.17) is 0 Å². The van der Waals surface area contributed by atoms with Gasteiger partial charge < -0.3 is 10.2 Å². The van der Waals surface area contributed by atoms with E-state index < -0.39 is 22.0 Å². The number of hydrogen-bond acceptors (Lipinski definition) is 3. The van der Waals surface area contributed by atoms with Crippen LogP contribution in [0.5, 0.6) is 0 Å². The number of hydrogen-bond donors (Lipinski definition) is 1. The van der Waals surface area contributed by atoms with Gasteiger partial charge in [0.25, 0.3) is 10.0 Å². The van der Waals surface area contributed by atoms with Crippen LogP contribution in [0.3, 0.4) is 0 Å². The summed E-state index contributed by atoms with van der Waals surface area (Å²) in [6.45, 7) is 0.812. The van der Waals surface area contributed by atoms with Crippen LogP contribution in [-0.2, 0) is 10.0 Å². The summed E-state index contributed by atoms with van der Waals surface area (Å²) in [4.78, 5) is 0.679. The lowest BCUT2D eigenvalue weighted by molar-refractivity contribution is -0.0690. The molecule has 0 aliphatic carbocycles. The molecule has 1 aliphatic heterocycles. The molecule has 1 fully saturated rings. The molecule has 116 valence electrons. The van der Waals surface area contributed by atoms with Crippen molar-refractivity contribution in [3.8, 4) is 0 Å². The zero-order valence-electron chi connectivity index (χ0n) is 11.0. The molecule has 1 N–H and O–H groups in total. The third-order valence-electron chi connectivity index (χ3n) is 2.92. The average Bonchev–Trinajstić information content (AvgIpc) is 2.46. The van der Waals surface area contributed by atoms with Gasteiger partial charge in [-0.05, 0) is 12.1 Å². The van der Waals surface area contributed by atoms with Gasteiger partial charge in [0.1, 0.15) is 0 Å². The Morgan fingerprint density at radius 1 is 1.14 bits per heavy atom. The monoisotopic (exact) mass is 321 g/mol. The van der Waals surface area contributed by atoms with Gasteiger partial charge in [-0.1, -0.05) is 18.2 Å². The Labute approximate surface area is 120 Å². The van der Waals surface area contributed by atoms with Crippen molar-refractivity contribution in [2.45, 2.75) is 11.1 Å². The zero-order chi connectivity index (χ0) is 15.5. The highest BCUT2D eigenvalue weighted by Crippen LogP contribution is 2.23. The van der Waals surface area contributed by atoms with Gasteiger partial charge >= 0.3 is 6.18 Å². The van der Waals surface area contributed by atoms with Gasteiger partial charge in [-0.25, -0.2) is 0 Å². The molecule has 1 aromatic carbocycles. The number of benzene rings is 1. The Hall–Kier alpha value is -1.61. The van der Waals surface area contributed by atoms with Crippen LogP contribution in [0.15, 0.2) is 39.6 Å². The lowest BCUT2D eigenvalue weighted by Gasteiger charge is -2.30. The normalized spacial score (nSPS) is 17.9. The van der Waals surface area contributed by atoms with E-state index in [1.165, 1.54) is 24.3 Å². The van der Waals surface area contributed by atoms with E-state index in [1.807, 2.05) is 0 Å². The van der Waals surface area contributed by atoms with Gasteiger partial charge in [0, 0.05) is 26.2 Å². The van der Waals surface area contributed by atoms with Gasteiger partial charge in [-0.2, -0.15) is 21.6 Å². The minimum Gasteiger partial charge on any atom is -0.349 e. The van der Waals surface area contributed by atoms with Crippen LogP contribution >= 0.6 is 0 Å². The summed E-state index contributed by atoms with van der Waals surface area (Å²) in [6, 6.07) is 6.86. The van der Waals surface area contributed by atoms with E-state index in [1.54, 1.807) is 6.07 Å². The lowest BCUT2D eigenvalue weighted by Crippen LogP contribution is -2.51. The number of halogens is 3. The van der Waals surface area contributed by atoms with Gasteiger partial charge in [0.15, 0.2) is 0 Å². The van der Waals surface area contributed by atoms with E-state index >= 15 is 0 Å². The molecule has 0 aromatic heterocycles. The fraction of sp³-hybridized carbons (Fsp3) is 0.417. The molecule has 0 saturated carbocycles. The van der Waals surface area contributed by atoms with Gasteiger partial charge in [-0.3, -0.25) is 0 Å². The molecule has 21 heavy (non-hydrogen) atoms. The number of amidine groups is 1. The molecule has 1 saturated heterocycles. The highest BCUT2D eigenvalue weighted by molar-refractivity contribution is 7.90. The fourth-order valence-corrected chi connectivity index (χ4v) is 2.98. The third-order valence-corrected chi connectivity index (χ3v) is 4.20. The summed E-state index contributed by atoms with van der Waals surface area (Å²) < 4.78 is 66.3. The number of piperazine rings is 1. The van der Waals surface area contributed by atoms with Crippen molar-refractivity contribution in [3.63, 3.8) is 0 Å². The first-order valence-electron chi connectivity index (χ1n) is 6.23. The molecular formula is C12H14F3N3O2S. The summed E-state index contributed by atoms with van der Waals surface area (Å²) in [7, 11) is -4.39. The Balaban J connectivity index is 2.41. The van der Waals surface area contributed by atoms with E-state index in [2.05, 4.69) is 9.71 Å². The topological polar surface area (TPSA) is 61.8 Å². The van der Waals surface area contributed by atoms with Crippen molar-refractivity contribution in [2.24, 2.45) is 4.40 Å². The molecule has 0 bridgehead atoms. The molecule has 0 amide bonds. The SMILES string of the molecule is O=S(=O)(/N=C(\N1CCNCC1)C(F)(F)F)c1ccccc1. The third kappa shape index (κ3) is 3.94. The maximum Gasteiger partial charge on any atom is 0.450 e. The van der Waals surface area contributed by atoms with Gasteiger partial charge in [0.05, 0.1) is 4.90 Å². The first kappa shape index (κ1) is 15.8. The van der Waals surface area contributed by atoms with Gasteiger partial charge in [0.2, 0.25) is 5.84 Å². The van der Waals surface area contributed by atoms with E-state index in [-0.39, 0.29) is 18.0 Å². The molecule has 0 radical (unpaired) electrons. The van der Waals surface area contributed by atoms with Crippen LogP contribution in [0, 0.1) is 0 Å². The first-order chi connectivity index (χ1) is 9.81. The highest BCUT2D eigenvalue weighted by atomic mass is 32.2. The maximum atomic E-state index is 13.1. The zero-order valence-corrected chi connectivity index (χ0v) is 11.8. The van der Waals surface area contributed by atoms with Crippen molar-refractivity contribution in [3.05, 3.63) is 30.3 Å². The number of rotatable bonds is 2. The van der Waals surface area contributed by atoms with Gasteiger partial charge in [-0.15, -0.1) is 4.40 Å². The van der Waals surface area contributed by atoms with Crippen LogP contribution in [0.1, 0.15) is 0 Å². The predicted octanol–water partition coefficient (Wildman–Crippen LogP) is 1.24. The summed E-state index contributed by atoms with van der Waals surface area (Å²) in [6.07, 6.45) is -4.82. The molecule has 0 unspecified atom stereocenters. The average molecular weight is 321 g/mol. The molecular weight excluding hydrogens is 307 g/mol. The Bertz CT molecular complexity index is 608. The predicted molar refractivity (Wildman–Crippen MR) is 71.6 cm³/mol.